The molecule has 0 saturated heterocycles. The van der Waals surface area contributed by atoms with Crippen molar-refractivity contribution >= 4 is 55.9 Å². The van der Waals surface area contributed by atoms with Crippen LogP contribution in [-0.4, -0.2) is 4.57 Å². The first kappa shape index (κ1) is 39.9. The van der Waals surface area contributed by atoms with Crippen LogP contribution in [-0.2, 0) is 5.41 Å². The molecule has 3 nitrogen and oxygen atoms in total. The van der Waals surface area contributed by atoms with Crippen LogP contribution in [0.1, 0.15) is 22.3 Å². The monoisotopic (exact) mass is 891 g/mol. The van der Waals surface area contributed by atoms with E-state index in [4.69, 9.17) is 0 Å². The van der Waals surface area contributed by atoms with Crippen LogP contribution in [0.25, 0.3) is 60.9 Å². The lowest BCUT2D eigenvalue weighted by Gasteiger charge is -2.33. The second kappa shape index (κ2) is 16.0. The van der Waals surface area contributed by atoms with E-state index in [1.807, 2.05) is 0 Å². The number of hydrogen-bond donors (Lipinski definition) is 0. The summed E-state index contributed by atoms with van der Waals surface area (Å²) in [7, 11) is 0. The third-order valence-electron chi connectivity index (χ3n) is 14.8. The summed E-state index contributed by atoms with van der Waals surface area (Å²) in [5.74, 6) is 0. The first-order valence-corrected chi connectivity index (χ1v) is 24.2. The first-order valence-electron chi connectivity index (χ1n) is 24.2. The van der Waals surface area contributed by atoms with Gasteiger partial charge in [0.2, 0.25) is 0 Å². The van der Waals surface area contributed by atoms with Crippen LogP contribution in [0.3, 0.4) is 0 Å². The minimum Gasteiger partial charge on any atom is -0.310 e. The fourth-order valence-corrected chi connectivity index (χ4v) is 11.9. The maximum atomic E-state index is 2.51. The molecule has 0 amide bonds. The Bertz CT molecular complexity index is 3880. The lowest BCUT2D eigenvalue weighted by atomic mass is 9.70. The molecule has 328 valence electrons. The zero-order valence-corrected chi connectivity index (χ0v) is 38.3. The largest absolute Gasteiger partial charge is 0.310 e. The van der Waals surface area contributed by atoms with Gasteiger partial charge in [-0.3, -0.25) is 0 Å². The quantitative estimate of drug-likeness (QED) is 0.151. The highest BCUT2D eigenvalue weighted by Gasteiger charge is 2.52. The Morgan fingerprint density at radius 1 is 0.286 bits per heavy atom. The van der Waals surface area contributed by atoms with E-state index >= 15 is 0 Å². The van der Waals surface area contributed by atoms with E-state index in [1.54, 1.807) is 0 Å². The fraction of sp³-hybridized carbons (Fsp3) is 0.0149. The molecule has 70 heavy (non-hydrogen) atoms. The highest BCUT2D eigenvalue weighted by Crippen LogP contribution is 2.64. The molecule has 0 bridgehead atoms. The molecule has 1 unspecified atom stereocenters. The van der Waals surface area contributed by atoms with E-state index < -0.39 is 5.41 Å². The Balaban J connectivity index is 1.04. The summed E-state index contributed by atoms with van der Waals surface area (Å²) in [6.45, 7) is 0. The summed E-state index contributed by atoms with van der Waals surface area (Å²) in [5, 5.41) is 2.43. The SMILES string of the molecule is c1ccc(-c2ccc(N(c3ccc4c(c3)C3(c5ccccc5-c5ccc(N(c6ccccc6)c6ccccc6)cc53)c3ccccc3-4)c3cccc4c5ccccc5n(-c5ccccc5)c34)cc2)cc1. The van der Waals surface area contributed by atoms with Crippen molar-refractivity contribution in [2.75, 3.05) is 9.80 Å². The molecule has 0 radical (unpaired) electrons. The average molecular weight is 892 g/mol. The molecule has 0 fully saturated rings. The summed E-state index contributed by atoms with van der Waals surface area (Å²) in [5.41, 5.74) is 22.1. The van der Waals surface area contributed by atoms with Crippen molar-refractivity contribution in [2.45, 2.75) is 5.41 Å². The van der Waals surface area contributed by atoms with Crippen LogP contribution in [0.4, 0.5) is 34.1 Å². The second-order valence-corrected chi connectivity index (χ2v) is 18.4. The van der Waals surface area contributed by atoms with E-state index in [2.05, 4.69) is 287 Å². The van der Waals surface area contributed by atoms with Crippen LogP contribution in [0.2, 0.25) is 0 Å². The Kier molecular flexibility index (Phi) is 9.11. The molecule has 11 aromatic carbocycles. The van der Waals surface area contributed by atoms with Crippen molar-refractivity contribution in [3.63, 3.8) is 0 Å². The fourth-order valence-electron chi connectivity index (χ4n) is 11.9. The number of fused-ring (bicyclic) bond motifs is 13. The molecule has 3 heteroatoms. The number of benzene rings is 11. The standard InChI is InChI=1S/C67H45N3/c1-5-20-46(21-6-1)47-36-38-51(39-37-47)69(65-35-19-31-59-58-30-15-18-34-64(58)70(66(59)65)50-26-11-4-12-27-50)53-41-43-57-55-29-14-17-33-61(55)67(63(57)45-53)60-32-16-13-28-54(60)56-42-40-52(44-62(56)67)68(48-22-7-2-8-23-48)49-24-9-3-10-25-49/h1-45H. The van der Waals surface area contributed by atoms with Crippen LogP contribution >= 0.6 is 0 Å². The van der Waals surface area contributed by atoms with Gasteiger partial charge in [-0.1, -0.05) is 188 Å². The number of aromatic nitrogens is 1. The average Bonchev–Trinajstić information content (AvgIpc) is 4.04. The van der Waals surface area contributed by atoms with Gasteiger partial charge in [0.1, 0.15) is 0 Å². The minimum absolute atomic E-state index is 0.600. The molecule has 12 aromatic rings. The molecule has 0 N–H and O–H groups in total. The molecular weight excluding hydrogens is 847 g/mol. The zero-order valence-electron chi connectivity index (χ0n) is 38.3. The van der Waals surface area contributed by atoms with Crippen molar-refractivity contribution < 1.29 is 0 Å². The van der Waals surface area contributed by atoms with E-state index in [-0.39, 0.29) is 0 Å². The molecule has 1 atom stereocenters. The molecule has 1 heterocycles. The Morgan fingerprint density at radius 3 is 1.34 bits per heavy atom. The van der Waals surface area contributed by atoms with Gasteiger partial charge in [-0.2, -0.15) is 0 Å². The van der Waals surface area contributed by atoms with E-state index in [0.717, 1.165) is 45.3 Å². The maximum absolute atomic E-state index is 2.51. The molecule has 0 saturated carbocycles. The van der Waals surface area contributed by atoms with Crippen molar-refractivity contribution in [3.05, 3.63) is 295 Å². The van der Waals surface area contributed by atoms with Crippen LogP contribution in [0, 0.1) is 0 Å². The van der Waals surface area contributed by atoms with Gasteiger partial charge in [-0.05, 0) is 141 Å². The Hall–Kier alpha value is -9.18. The van der Waals surface area contributed by atoms with Crippen LogP contribution in [0.15, 0.2) is 273 Å². The van der Waals surface area contributed by atoms with Crippen molar-refractivity contribution in [2.24, 2.45) is 0 Å². The Labute approximate surface area is 408 Å². The molecule has 2 aliphatic carbocycles. The summed E-state index contributed by atoms with van der Waals surface area (Å²) in [6, 6.07) is 100. The van der Waals surface area contributed by atoms with Gasteiger partial charge in [-0.15, -0.1) is 0 Å². The molecule has 2 aliphatic rings. The highest BCUT2D eigenvalue weighted by atomic mass is 15.2. The molecule has 14 rings (SSSR count). The van der Waals surface area contributed by atoms with Crippen LogP contribution in [0.5, 0.6) is 0 Å². The lowest BCUT2D eigenvalue weighted by molar-refractivity contribution is 0.793. The predicted octanol–water partition coefficient (Wildman–Crippen LogP) is 17.7. The number of hydrogen-bond acceptors (Lipinski definition) is 2. The van der Waals surface area contributed by atoms with Gasteiger partial charge in [0, 0.05) is 44.9 Å². The minimum atomic E-state index is -0.600. The molecule has 1 aromatic heterocycles. The van der Waals surface area contributed by atoms with Crippen LogP contribution < -0.4 is 9.80 Å². The smallest absolute Gasteiger partial charge is 0.0782 e. The third-order valence-corrected chi connectivity index (χ3v) is 14.8. The normalized spacial score (nSPS) is 14.1. The summed E-state index contributed by atoms with van der Waals surface area (Å²) in [4.78, 5) is 4.89. The molecular formula is C67H45N3. The highest BCUT2D eigenvalue weighted by molar-refractivity contribution is 6.14. The first-order chi connectivity index (χ1) is 34.8. The number of nitrogens with zero attached hydrogens (tertiary/aromatic N) is 3. The molecule has 1 spiro atoms. The number of rotatable bonds is 8. The van der Waals surface area contributed by atoms with Gasteiger partial charge in [-0.25, -0.2) is 0 Å². The predicted molar refractivity (Wildman–Crippen MR) is 292 cm³/mol. The lowest BCUT2D eigenvalue weighted by Crippen LogP contribution is -2.26. The van der Waals surface area contributed by atoms with Gasteiger partial charge in [0.15, 0.2) is 0 Å². The van der Waals surface area contributed by atoms with E-state index in [9.17, 15) is 0 Å². The van der Waals surface area contributed by atoms with Gasteiger partial charge < -0.3 is 14.4 Å². The third kappa shape index (κ3) is 5.95. The topological polar surface area (TPSA) is 11.4 Å². The maximum Gasteiger partial charge on any atom is 0.0782 e. The van der Waals surface area contributed by atoms with E-state index in [0.29, 0.717) is 0 Å². The van der Waals surface area contributed by atoms with Crippen molar-refractivity contribution in [1.82, 2.24) is 4.57 Å². The summed E-state index contributed by atoms with van der Waals surface area (Å²) >= 11 is 0. The summed E-state index contributed by atoms with van der Waals surface area (Å²) < 4.78 is 2.45. The number of para-hydroxylation sites is 5. The van der Waals surface area contributed by atoms with Gasteiger partial charge in [0.05, 0.1) is 22.1 Å². The van der Waals surface area contributed by atoms with Crippen molar-refractivity contribution in [1.29, 1.82) is 0 Å². The van der Waals surface area contributed by atoms with E-state index in [1.165, 1.54) is 71.9 Å². The zero-order chi connectivity index (χ0) is 46.2. The number of anilines is 6. The second-order valence-electron chi connectivity index (χ2n) is 18.4. The van der Waals surface area contributed by atoms with Gasteiger partial charge in [0.25, 0.3) is 0 Å². The van der Waals surface area contributed by atoms with Crippen molar-refractivity contribution in [3.8, 4) is 39.1 Å². The Morgan fingerprint density at radius 2 is 0.729 bits per heavy atom. The summed E-state index contributed by atoms with van der Waals surface area (Å²) in [6.07, 6.45) is 0. The van der Waals surface area contributed by atoms with Gasteiger partial charge >= 0.3 is 0 Å². The molecule has 0 aliphatic heterocycles.